The number of hydrogen-bond acceptors (Lipinski definition) is 4. The third kappa shape index (κ3) is 5.21. The maximum absolute atomic E-state index is 12.3. The summed E-state index contributed by atoms with van der Waals surface area (Å²) >= 11 is 6.05. The Morgan fingerprint density at radius 1 is 1.07 bits per heavy atom. The molecule has 0 radical (unpaired) electrons. The molecule has 0 spiro atoms. The topological polar surface area (TPSA) is 63.2 Å². The smallest absolute Gasteiger partial charge is 0.274 e. The summed E-state index contributed by atoms with van der Waals surface area (Å²) in [6, 6.07) is 18.6. The standard InChI is InChI=1S/C21H20ClN3O2/c1-27-17-9-6-15(7-10-17)12-13-23-16-8-11-20(24-14-16)21(26)25-19-5-3-2-4-18(19)22/h2-11,14,23H,12-13H2,1H3,(H,25,26). The van der Waals surface area contributed by atoms with E-state index in [0.717, 1.165) is 24.4 Å². The maximum Gasteiger partial charge on any atom is 0.274 e. The molecule has 0 unspecified atom stereocenters. The van der Waals surface area contributed by atoms with E-state index in [4.69, 9.17) is 16.3 Å². The second kappa shape index (κ2) is 9.05. The zero-order chi connectivity index (χ0) is 19.1. The number of ether oxygens (including phenoxy) is 1. The molecular weight excluding hydrogens is 362 g/mol. The first-order chi connectivity index (χ1) is 13.2. The van der Waals surface area contributed by atoms with Crippen molar-refractivity contribution in [2.24, 2.45) is 0 Å². The monoisotopic (exact) mass is 381 g/mol. The third-order valence-electron chi connectivity index (χ3n) is 4.02. The first kappa shape index (κ1) is 18.7. The summed E-state index contributed by atoms with van der Waals surface area (Å²) in [7, 11) is 1.65. The number of amides is 1. The van der Waals surface area contributed by atoms with Crippen molar-refractivity contribution in [3.63, 3.8) is 0 Å². The van der Waals surface area contributed by atoms with Gasteiger partial charge in [-0.05, 0) is 48.4 Å². The Hall–Kier alpha value is -3.05. The van der Waals surface area contributed by atoms with Gasteiger partial charge in [-0.15, -0.1) is 0 Å². The number of aromatic nitrogens is 1. The number of methoxy groups -OCH3 is 1. The zero-order valence-corrected chi connectivity index (χ0v) is 15.7. The zero-order valence-electron chi connectivity index (χ0n) is 14.9. The Morgan fingerprint density at radius 3 is 2.52 bits per heavy atom. The van der Waals surface area contributed by atoms with Crippen LogP contribution in [0.1, 0.15) is 16.1 Å². The quantitative estimate of drug-likeness (QED) is 0.625. The van der Waals surface area contributed by atoms with Crippen molar-refractivity contribution >= 4 is 28.9 Å². The molecule has 0 fully saturated rings. The van der Waals surface area contributed by atoms with Crippen LogP contribution >= 0.6 is 11.6 Å². The Morgan fingerprint density at radius 2 is 1.85 bits per heavy atom. The van der Waals surface area contributed by atoms with Crippen molar-refractivity contribution in [3.05, 3.63) is 83.1 Å². The number of nitrogens with zero attached hydrogens (tertiary/aromatic N) is 1. The van der Waals surface area contributed by atoms with E-state index in [-0.39, 0.29) is 5.91 Å². The van der Waals surface area contributed by atoms with Gasteiger partial charge in [-0.25, -0.2) is 4.98 Å². The van der Waals surface area contributed by atoms with Gasteiger partial charge < -0.3 is 15.4 Å². The van der Waals surface area contributed by atoms with Crippen LogP contribution in [0.25, 0.3) is 0 Å². The van der Waals surface area contributed by atoms with Crippen LogP contribution in [0.2, 0.25) is 5.02 Å². The summed E-state index contributed by atoms with van der Waals surface area (Å²) in [4.78, 5) is 16.5. The van der Waals surface area contributed by atoms with Crippen LogP contribution in [-0.4, -0.2) is 24.5 Å². The molecule has 0 saturated carbocycles. The molecule has 27 heavy (non-hydrogen) atoms. The van der Waals surface area contributed by atoms with Crippen molar-refractivity contribution in [2.75, 3.05) is 24.3 Å². The van der Waals surface area contributed by atoms with Crippen LogP contribution in [0.4, 0.5) is 11.4 Å². The molecule has 3 rings (SSSR count). The van der Waals surface area contributed by atoms with Crippen LogP contribution in [0.15, 0.2) is 66.9 Å². The summed E-state index contributed by atoms with van der Waals surface area (Å²) in [5.41, 5.74) is 2.97. The van der Waals surface area contributed by atoms with Gasteiger partial charge in [-0.3, -0.25) is 4.79 Å². The molecule has 0 bridgehead atoms. The van der Waals surface area contributed by atoms with Crippen LogP contribution < -0.4 is 15.4 Å². The first-order valence-electron chi connectivity index (χ1n) is 8.54. The number of halogens is 1. The Balaban J connectivity index is 1.52. The lowest BCUT2D eigenvalue weighted by Gasteiger charge is -2.09. The highest BCUT2D eigenvalue weighted by atomic mass is 35.5. The van der Waals surface area contributed by atoms with Gasteiger partial charge in [0.2, 0.25) is 0 Å². The highest BCUT2D eigenvalue weighted by Gasteiger charge is 2.09. The van der Waals surface area contributed by atoms with E-state index in [1.54, 1.807) is 31.5 Å². The molecule has 6 heteroatoms. The van der Waals surface area contributed by atoms with Crippen molar-refractivity contribution < 1.29 is 9.53 Å². The van der Waals surface area contributed by atoms with Crippen molar-refractivity contribution in [3.8, 4) is 5.75 Å². The Labute approximate surface area is 163 Å². The van der Waals surface area contributed by atoms with Gasteiger partial charge in [0, 0.05) is 6.54 Å². The molecule has 0 aliphatic carbocycles. The molecule has 2 N–H and O–H groups in total. The molecule has 5 nitrogen and oxygen atoms in total. The van der Waals surface area contributed by atoms with Crippen LogP contribution in [0.3, 0.4) is 0 Å². The van der Waals surface area contributed by atoms with E-state index < -0.39 is 0 Å². The average Bonchev–Trinajstić information content (AvgIpc) is 2.71. The van der Waals surface area contributed by atoms with Gasteiger partial charge in [-0.2, -0.15) is 0 Å². The van der Waals surface area contributed by atoms with E-state index in [2.05, 4.69) is 15.6 Å². The molecule has 1 heterocycles. The lowest BCUT2D eigenvalue weighted by atomic mass is 10.1. The summed E-state index contributed by atoms with van der Waals surface area (Å²) in [5, 5.41) is 6.54. The predicted octanol–water partition coefficient (Wildman–Crippen LogP) is 4.65. The minimum atomic E-state index is -0.298. The van der Waals surface area contributed by atoms with E-state index in [1.807, 2.05) is 42.5 Å². The lowest BCUT2D eigenvalue weighted by molar-refractivity contribution is 0.102. The third-order valence-corrected chi connectivity index (χ3v) is 4.35. The number of hydrogen-bond donors (Lipinski definition) is 2. The summed E-state index contributed by atoms with van der Waals surface area (Å²) in [6.45, 7) is 0.763. The fourth-order valence-corrected chi connectivity index (χ4v) is 2.71. The molecule has 0 aliphatic heterocycles. The average molecular weight is 382 g/mol. The predicted molar refractivity (Wildman–Crippen MR) is 109 cm³/mol. The number of benzene rings is 2. The van der Waals surface area contributed by atoms with E-state index in [0.29, 0.717) is 16.4 Å². The van der Waals surface area contributed by atoms with Crippen molar-refractivity contribution in [1.29, 1.82) is 0 Å². The lowest BCUT2D eigenvalue weighted by Crippen LogP contribution is -2.14. The number of para-hydroxylation sites is 1. The summed E-state index contributed by atoms with van der Waals surface area (Å²) in [5.74, 6) is 0.550. The van der Waals surface area contributed by atoms with E-state index in [9.17, 15) is 4.79 Å². The summed E-state index contributed by atoms with van der Waals surface area (Å²) < 4.78 is 5.15. The SMILES string of the molecule is COc1ccc(CCNc2ccc(C(=O)Nc3ccccc3Cl)nc2)cc1. The van der Waals surface area contributed by atoms with Gasteiger partial charge in [0.05, 0.1) is 29.7 Å². The Bertz CT molecular complexity index is 896. The number of pyridine rings is 1. The fourth-order valence-electron chi connectivity index (χ4n) is 2.53. The molecule has 2 aromatic carbocycles. The summed E-state index contributed by atoms with van der Waals surface area (Å²) in [6.07, 6.45) is 2.52. The van der Waals surface area contributed by atoms with Gasteiger partial charge in [0.15, 0.2) is 0 Å². The highest BCUT2D eigenvalue weighted by Crippen LogP contribution is 2.21. The second-order valence-electron chi connectivity index (χ2n) is 5.89. The normalized spacial score (nSPS) is 10.3. The molecular formula is C21H20ClN3O2. The molecule has 3 aromatic rings. The minimum absolute atomic E-state index is 0.298. The molecule has 0 saturated heterocycles. The van der Waals surface area contributed by atoms with Crippen molar-refractivity contribution in [1.82, 2.24) is 4.98 Å². The number of rotatable bonds is 7. The number of anilines is 2. The highest BCUT2D eigenvalue weighted by molar-refractivity contribution is 6.33. The van der Waals surface area contributed by atoms with Crippen molar-refractivity contribution in [2.45, 2.75) is 6.42 Å². The van der Waals surface area contributed by atoms with Crippen LogP contribution in [0, 0.1) is 0 Å². The van der Waals surface area contributed by atoms with Gasteiger partial charge in [0.1, 0.15) is 11.4 Å². The first-order valence-corrected chi connectivity index (χ1v) is 8.92. The van der Waals surface area contributed by atoms with Crippen LogP contribution in [0.5, 0.6) is 5.75 Å². The molecule has 1 aromatic heterocycles. The molecule has 0 aliphatic rings. The minimum Gasteiger partial charge on any atom is -0.497 e. The van der Waals surface area contributed by atoms with Gasteiger partial charge in [0.25, 0.3) is 5.91 Å². The van der Waals surface area contributed by atoms with Crippen LogP contribution in [-0.2, 0) is 6.42 Å². The largest absolute Gasteiger partial charge is 0.497 e. The number of nitrogens with one attached hydrogen (secondary N) is 2. The van der Waals surface area contributed by atoms with E-state index in [1.165, 1.54) is 5.56 Å². The fraction of sp³-hybridized carbons (Fsp3) is 0.143. The van der Waals surface area contributed by atoms with E-state index >= 15 is 0 Å². The molecule has 0 atom stereocenters. The maximum atomic E-state index is 12.3. The number of carbonyl (C=O) groups excluding carboxylic acids is 1. The molecule has 138 valence electrons. The van der Waals surface area contributed by atoms with Gasteiger partial charge in [-0.1, -0.05) is 35.9 Å². The molecule has 1 amide bonds. The second-order valence-corrected chi connectivity index (χ2v) is 6.30. The van der Waals surface area contributed by atoms with Gasteiger partial charge >= 0.3 is 0 Å². The Kier molecular flexibility index (Phi) is 6.28. The number of carbonyl (C=O) groups is 1.